The van der Waals surface area contributed by atoms with Crippen LogP contribution in [0, 0.1) is 56.2 Å². The van der Waals surface area contributed by atoms with Gasteiger partial charge >= 0.3 is 0 Å². The van der Waals surface area contributed by atoms with E-state index in [-0.39, 0.29) is 0 Å². The first-order valence-corrected chi connectivity index (χ1v) is 15.7. The second-order valence-electron chi connectivity index (χ2n) is 16.4. The lowest BCUT2D eigenvalue weighted by atomic mass is 9.19. The third-order valence-corrected chi connectivity index (χ3v) is 15.0. The summed E-state index contributed by atoms with van der Waals surface area (Å²) in [6.45, 7) is 23.3. The lowest BCUT2D eigenvalue weighted by Gasteiger charge is -2.84. The molecule has 5 aliphatic carbocycles. The third-order valence-electron chi connectivity index (χ3n) is 15.0. The predicted molar refractivity (Wildman–Crippen MR) is 147 cm³/mol. The summed E-state index contributed by atoms with van der Waals surface area (Å²) in [5.41, 5.74) is 7.05. The highest BCUT2D eigenvalue weighted by Crippen LogP contribution is 2.92. The molecule has 35 heavy (non-hydrogen) atoms. The molecule has 0 amide bonds. The second kappa shape index (κ2) is 7.64. The van der Waals surface area contributed by atoms with Crippen LogP contribution in [0.5, 0.6) is 0 Å². The summed E-state index contributed by atoms with van der Waals surface area (Å²) in [5, 5.41) is 0. The summed E-state index contributed by atoms with van der Waals surface area (Å²) in [5.74, 6) is 3.58. The van der Waals surface area contributed by atoms with Crippen molar-refractivity contribution >= 4 is 0 Å². The van der Waals surface area contributed by atoms with Gasteiger partial charge in [0.25, 0.3) is 0 Å². The van der Waals surface area contributed by atoms with Gasteiger partial charge in [-0.2, -0.15) is 0 Å². The average Bonchev–Trinajstić information content (AvgIpc) is 3.10. The van der Waals surface area contributed by atoms with Gasteiger partial charge in [-0.3, -0.25) is 0 Å². The molecule has 0 aromatic carbocycles. The standard InChI is InChI=1S/C34H56O/c1-23(25-12-19-35-20-13-25)9-10-24(2)26-11-14-32(7)30(26,5)17-18-34-28(22-33(32,34)8)27-21-29(3,4)15-16-31(27,34)6/h23-26H,9-22H2,1-8H3/t23-,24-,26-,30-,31+,32-,33+,34+/m1/s1. The van der Waals surface area contributed by atoms with E-state index in [0.29, 0.717) is 32.5 Å². The van der Waals surface area contributed by atoms with Crippen LogP contribution in [0.3, 0.4) is 0 Å². The van der Waals surface area contributed by atoms with Crippen molar-refractivity contribution in [3.63, 3.8) is 0 Å². The molecule has 0 radical (unpaired) electrons. The van der Waals surface area contributed by atoms with Crippen molar-refractivity contribution in [2.75, 3.05) is 13.2 Å². The summed E-state index contributed by atoms with van der Waals surface area (Å²) in [6.07, 6.45) is 17.1. The molecule has 0 bridgehead atoms. The molecule has 1 heteroatoms. The van der Waals surface area contributed by atoms with Crippen molar-refractivity contribution in [3.05, 3.63) is 11.1 Å². The van der Waals surface area contributed by atoms with Crippen LogP contribution in [0.1, 0.15) is 132 Å². The van der Waals surface area contributed by atoms with E-state index in [4.69, 9.17) is 4.74 Å². The smallest absolute Gasteiger partial charge is 0.0468 e. The monoisotopic (exact) mass is 480 g/mol. The van der Waals surface area contributed by atoms with E-state index in [1.807, 2.05) is 11.1 Å². The Kier molecular flexibility index (Phi) is 5.45. The highest BCUT2D eigenvalue weighted by molar-refractivity contribution is 5.56. The quantitative estimate of drug-likeness (QED) is 0.356. The largest absolute Gasteiger partial charge is 0.381 e. The molecule has 0 aromatic rings. The Morgan fingerprint density at radius 3 is 2.11 bits per heavy atom. The van der Waals surface area contributed by atoms with Crippen molar-refractivity contribution in [2.45, 2.75) is 132 Å². The van der Waals surface area contributed by atoms with E-state index in [1.54, 1.807) is 0 Å². The molecule has 1 spiro atoms. The molecule has 1 nitrogen and oxygen atoms in total. The molecule has 6 rings (SSSR count). The zero-order chi connectivity index (χ0) is 25.1. The minimum atomic E-state index is 0.508. The summed E-state index contributed by atoms with van der Waals surface area (Å²) in [7, 11) is 0. The second-order valence-corrected chi connectivity index (χ2v) is 16.4. The number of allylic oxidation sites excluding steroid dienone is 2. The van der Waals surface area contributed by atoms with Crippen molar-refractivity contribution in [2.24, 2.45) is 56.2 Å². The minimum absolute atomic E-state index is 0.508. The lowest BCUT2D eigenvalue weighted by Crippen LogP contribution is -2.77. The number of hydrogen-bond acceptors (Lipinski definition) is 1. The molecular weight excluding hydrogens is 424 g/mol. The van der Waals surface area contributed by atoms with Gasteiger partial charge in [0.2, 0.25) is 0 Å². The van der Waals surface area contributed by atoms with Crippen LogP contribution in [0.15, 0.2) is 11.1 Å². The highest BCUT2D eigenvalue weighted by Gasteiger charge is 2.83. The average molecular weight is 481 g/mol. The fourth-order valence-electron chi connectivity index (χ4n) is 12.3. The van der Waals surface area contributed by atoms with Gasteiger partial charge in [0.15, 0.2) is 0 Å². The van der Waals surface area contributed by atoms with Crippen LogP contribution < -0.4 is 0 Å². The van der Waals surface area contributed by atoms with E-state index in [0.717, 1.165) is 36.9 Å². The van der Waals surface area contributed by atoms with Gasteiger partial charge in [0, 0.05) is 18.6 Å². The molecule has 198 valence electrons. The maximum atomic E-state index is 5.64. The SMILES string of the molecule is C[C@H](CC[C@@H](C)[C@H]1CC[C@@]2(C)[C@]3(C)CC4=C5CC(C)(C)CC[C@]5(C)[C@]43CC[C@]12C)C1CCOCC1. The van der Waals surface area contributed by atoms with Gasteiger partial charge in [0.05, 0.1) is 0 Å². The van der Waals surface area contributed by atoms with Gasteiger partial charge in [0.1, 0.15) is 0 Å². The first-order valence-electron chi connectivity index (χ1n) is 15.7. The van der Waals surface area contributed by atoms with Crippen LogP contribution in [0.25, 0.3) is 0 Å². The lowest BCUT2D eigenvalue weighted by molar-refractivity contribution is -0.270. The molecule has 0 unspecified atom stereocenters. The number of rotatable bonds is 5. The van der Waals surface area contributed by atoms with Crippen molar-refractivity contribution < 1.29 is 4.74 Å². The Balaban J connectivity index is 1.21. The normalized spacial score (nSPS) is 50.2. The highest BCUT2D eigenvalue weighted by atomic mass is 16.5. The Hall–Kier alpha value is -0.300. The van der Waals surface area contributed by atoms with Crippen molar-refractivity contribution in [1.29, 1.82) is 0 Å². The number of hydrogen-bond donors (Lipinski definition) is 0. The van der Waals surface area contributed by atoms with Crippen LogP contribution in [-0.2, 0) is 4.74 Å². The van der Waals surface area contributed by atoms with Crippen LogP contribution in [0.2, 0.25) is 0 Å². The molecule has 0 N–H and O–H groups in total. The van der Waals surface area contributed by atoms with E-state index in [1.165, 1.54) is 77.0 Å². The molecule has 1 aliphatic heterocycles. The van der Waals surface area contributed by atoms with E-state index in [2.05, 4.69) is 55.4 Å². The molecule has 0 aromatic heterocycles. The van der Waals surface area contributed by atoms with Gasteiger partial charge < -0.3 is 4.74 Å². The maximum absolute atomic E-state index is 5.64. The topological polar surface area (TPSA) is 9.23 Å². The summed E-state index contributed by atoms with van der Waals surface area (Å²) in [6, 6.07) is 0. The fourth-order valence-corrected chi connectivity index (χ4v) is 12.3. The van der Waals surface area contributed by atoms with Gasteiger partial charge in [-0.15, -0.1) is 0 Å². The molecule has 5 fully saturated rings. The minimum Gasteiger partial charge on any atom is -0.381 e. The fraction of sp³-hybridized carbons (Fsp3) is 0.941. The van der Waals surface area contributed by atoms with Crippen LogP contribution >= 0.6 is 0 Å². The Bertz CT molecular complexity index is 908. The summed E-state index contributed by atoms with van der Waals surface area (Å²) < 4.78 is 5.64. The molecule has 1 saturated heterocycles. The van der Waals surface area contributed by atoms with Crippen LogP contribution in [0.4, 0.5) is 0 Å². The third kappa shape index (κ3) is 2.87. The zero-order valence-corrected chi connectivity index (χ0v) is 24.6. The number of ether oxygens (including phenoxy) is 1. The molecule has 8 atom stereocenters. The van der Waals surface area contributed by atoms with E-state index < -0.39 is 0 Å². The van der Waals surface area contributed by atoms with Crippen molar-refractivity contribution in [1.82, 2.24) is 0 Å². The predicted octanol–water partition coefficient (Wildman–Crippen LogP) is 9.60. The molecule has 1 heterocycles. The molecule has 4 saturated carbocycles. The van der Waals surface area contributed by atoms with E-state index in [9.17, 15) is 0 Å². The Morgan fingerprint density at radius 2 is 1.40 bits per heavy atom. The first-order chi connectivity index (χ1) is 16.4. The first kappa shape index (κ1) is 25.0. The maximum Gasteiger partial charge on any atom is 0.0468 e. The van der Waals surface area contributed by atoms with Gasteiger partial charge in [-0.25, -0.2) is 0 Å². The molecular formula is C34H56O. The molecule has 6 aliphatic rings. The summed E-state index contributed by atoms with van der Waals surface area (Å²) >= 11 is 0. The Morgan fingerprint density at radius 1 is 0.714 bits per heavy atom. The Labute approximate surface area is 217 Å². The van der Waals surface area contributed by atoms with Crippen LogP contribution in [-0.4, -0.2) is 13.2 Å². The van der Waals surface area contributed by atoms with Gasteiger partial charge in [-0.05, 0) is 115 Å². The van der Waals surface area contributed by atoms with E-state index >= 15 is 0 Å². The van der Waals surface area contributed by atoms with Gasteiger partial charge in [-0.1, -0.05) is 79.4 Å². The summed E-state index contributed by atoms with van der Waals surface area (Å²) in [4.78, 5) is 0. The van der Waals surface area contributed by atoms with Crippen molar-refractivity contribution in [3.8, 4) is 0 Å². The number of fused-ring (bicyclic) bond motifs is 3. The zero-order valence-electron chi connectivity index (χ0n) is 24.6.